The van der Waals surface area contributed by atoms with Gasteiger partial charge in [0.2, 0.25) is 0 Å². The maximum atomic E-state index is 5.61. The molecule has 1 aromatic carbocycles. The van der Waals surface area contributed by atoms with Crippen LogP contribution < -0.4 is 9.47 Å². The average molecular weight is 304 g/mol. The molecular weight excluding hydrogens is 276 g/mol. The first kappa shape index (κ1) is 15.6. The molecule has 0 aromatic heterocycles. The summed E-state index contributed by atoms with van der Waals surface area (Å²) in [7, 11) is 1.71. The first-order valence-electron chi connectivity index (χ1n) is 8.49. The first-order valence-corrected chi connectivity index (χ1v) is 8.49. The van der Waals surface area contributed by atoms with Crippen molar-refractivity contribution in [1.82, 2.24) is 9.80 Å². The minimum Gasteiger partial charge on any atom is -0.493 e. The Kier molecular flexibility index (Phi) is 4.89. The van der Waals surface area contributed by atoms with E-state index in [1.165, 1.54) is 38.0 Å². The van der Waals surface area contributed by atoms with Crippen molar-refractivity contribution in [3.05, 3.63) is 23.8 Å². The average Bonchev–Trinajstić information content (AvgIpc) is 2.96. The first-order chi connectivity index (χ1) is 10.7. The Bertz CT molecular complexity index is 506. The summed E-state index contributed by atoms with van der Waals surface area (Å²) in [5.74, 6) is 1.67. The van der Waals surface area contributed by atoms with Crippen molar-refractivity contribution in [3.63, 3.8) is 0 Å². The van der Waals surface area contributed by atoms with Gasteiger partial charge in [-0.3, -0.25) is 9.80 Å². The van der Waals surface area contributed by atoms with E-state index in [2.05, 4.69) is 28.9 Å². The van der Waals surface area contributed by atoms with Gasteiger partial charge in [0.15, 0.2) is 11.5 Å². The summed E-state index contributed by atoms with van der Waals surface area (Å²) < 4.78 is 11.1. The molecule has 2 heterocycles. The van der Waals surface area contributed by atoms with E-state index in [0.717, 1.165) is 24.1 Å². The number of ether oxygens (including phenoxy) is 2. The summed E-state index contributed by atoms with van der Waals surface area (Å²) in [6, 6.07) is 7.71. The molecule has 122 valence electrons. The zero-order valence-corrected chi connectivity index (χ0v) is 14.0. The van der Waals surface area contributed by atoms with Crippen molar-refractivity contribution in [2.45, 2.75) is 45.3 Å². The van der Waals surface area contributed by atoms with E-state index in [4.69, 9.17) is 9.47 Å². The lowest BCUT2D eigenvalue weighted by atomic mass is 10.1. The second-order valence-corrected chi connectivity index (χ2v) is 6.49. The summed E-state index contributed by atoms with van der Waals surface area (Å²) in [6.07, 6.45) is 2.72. The fourth-order valence-corrected chi connectivity index (χ4v) is 3.79. The highest BCUT2D eigenvalue weighted by Gasteiger charge is 2.34. The highest BCUT2D eigenvalue weighted by atomic mass is 16.5. The number of fused-ring (bicyclic) bond motifs is 1. The van der Waals surface area contributed by atoms with E-state index in [9.17, 15) is 0 Å². The van der Waals surface area contributed by atoms with Gasteiger partial charge < -0.3 is 9.47 Å². The second-order valence-electron chi connectivity index (χ2n) is 6.49. The third-order valence-electron chi connectivity index (χ3n) is 4.98. The van der Waals surface area contributed by atoms with Gasteiger partial charge in [-0.05, 0) is 50.9 Å². The van der Waals surface area contributed by atoms with Crippen LogP contribution in [-0.4, -0.2) is 55.2 Å². The van der Waals surface area contributed by atoms with Gasteiger partial charge in [0.05, 0.1) is 13.7 Å². The lowest BCUT2D eigenvalue weighted by molar-refractivity contribution is 0.0540. The molecule has 3 rings (SSSR count). The molecule has 2 fully saturated rings. The molecule has 0 bridgehead atoms. The molecule has 1 unspecified atom stereocenters. The van der Waals surface area contributed by atoms with Crippen LogP contribution in [0.1, 0.15) is 32.3 Å². The molecule has 2 saturated heterocycles. The number of hydrogen-bond acceptors (Lipinski definition) is 4. The molecule has 2 aliphatic heterocycles. The van der Waals surface area contributed by atoms with Crippen molar-refractivity contribution >= 4 is 0 Å². The molecular formula is C18H28N2O2. The third-order valence-corrected chi connectivity index (χ3v) is 4.98. The lowest BCUT2D eigenvalue weighted by Gasteiger charge is -2.42. The highest BCUT2D eigenvalue weighted by Crippen LogP contribution is 2.30. The van der Waals surface area contributed by atoms with E-state index in [1.54, 1.807) is 7.11 Å². The van der Waals surface area contributed by atoms with Gasteiger partial charge in [-0.25, -0.2) is 0 Å². The predicted molar refractivity (Wildman–Crippen MR) is 88.6 cm³/mol. The Morgan fingerprint density at radius 2 is 2.09 bits per heavy atom. The Hall–Kier alpha value is -1.26. The van der Waals surface area contributed by atoms with Crippen LogP contribution in [0.4, 0.5) is 0 Å². The SMILES string of the molecule is CCOc1ccc(CN2CC3CCCN3C[C@H]2C)cc1OC. The molecule has 0 aliphatic carbocycles. The quantitative estimate of drug-likeness (QED) is 0.835. The summed E-state index contributed by atoms with van der Waals surface area (Å²) in [6.45, 7) is 9.69. The van der Waals surface area contributed by atoms with Gasteiger partial charge >= 0.3 is 0 Å². The van der Waals surface area contributed by atoms with Crippen molar-refractivity contribution in [2.24, 2.45) is 0 Å². The largest absolute Gasteiger partial charge is 0.493 e. The Labute approximate surface area is 134 Å². The summed E-state index contributed by atoms with van der Waals surface area (Å²) >= 11 is 0. The number of methoxy groups -OCH3 is 1. The number of hydrogen-bond donors (Lipinski definition) is 0. The summed E-state index contributed by atoms with van der Waals surface area (Å²) in [5.41, 5.74) is 1.30. The number of nitrogens with zero attached hydrogens (tertiary/aromatic N) is 2. The molecule has 22 heavy (non-hydrogen) atoms. The van der Waals surface area contributed by atoms with Crippen LogP contribution in [0.3, 0.4) is 0 Å². The maximum absolute atomic E-state index is 5.61. The standard InChI is InChI=1S/C18H28N2O2/c1-4-22-17-8-7-15(10-18(17)21-3)12-20-13-16-6-5-9-19(16)11-14(20)2/h7-8,10,14,16H,4-6,9,11-13H2,1-3H3/t14-,16?/m1/s1. The van der Waals surface area contributed by atoms with E-state index in [0.29, 0.717) is 12.6 Å². The van der Waals surface area contributed by atoms with Crippen LogP contribution in [0.15, 0.2) is 18.2 Å². The normalized spacial score (nSPS) is 26.0. The number of piperazine rings is 1. The Balaban J connectivity index is 1.69. The molecule has 0 radical (unpaired) electrons. The zero-order chi connectivity index (χ0) is 15.5. The topological polar surface area (TPSA) is 24.9 Å². The molecule has 0 amide bonds. The predicted octanol–water partition coefficient (Wildman–Crippen LogP) is 2.76. The molecule has 0 saturated carbocycles. The van der Waals surface area contributed by atoms with Crippen LogP contribution in [0.25, 0.3) is 0 Å². The fourth-order valence-electron chi connectivity index (χ4n) is 3.79. The molecule has 0 N–H and O–H groups in total. The van der Waals surface area contributed by atoms with Crippen LogP contribution in [0.5, 0.6) is 11.5 Å². The molecule has 2 atom stereocenters. The van der Waals surface area contributed by atoms with E-state index < -0.39 is 0 Å². The van der Waals surface area contributed by atoms with Crippen molar-refractivity contribution in [1.29, 1.82) is 0 Å². The van der Waals surface area contributed by atoms with Gasteiger partial charge in [0, 0.05) is 31.7 Å². The summed E-state index contributed by atoms with van der Waals surface area (Å²) in [5, 5.41) is 0. The van der Waals surface area contributed by atoms with Gasteiger partial charge in [-0.2, -0.15) is 0 Å². The van der Waals surface area contributed by atoms with Crippen molar-refractivity contribution < 1.29 is 9.47 Å². The van der Waals surface area contributed by atoms with Crippen molar-refractivity contribution in [2.75, 3.05) is 33.4 Å². The fraction of sp³-hybridized carbons (Fsp3) is 0.667. The monoisotopic (exact) mass is 304 g/mol. The van der Waals surface area contributed by atoms with Gasteiger partial charge in [0.1, 0.15) is 0 Å². The van der Waals surface area contributed by atoms with Crippen LogP contribution in [-0.2, 0) is 6.54 Å². The minimum absolute atomic E-state index is 0.618. The highest BCUT2D eigenvalue weighted by molar-refractivity contribution is 5.43. The molecule has 2 aliphatic rings. The molecule has 4 nitrogen and oxygen atoms in total. The van der Waals surface area contributed by atoms with Gasteiger partial charge in [0.25, 0.3) is 0 Å². The van der Waals surface area contributed by atoms with E-state index in [1.807, 2.05) is 13.0 Å². The summed E-state index contributed by atoms with van der Waals surface area (Å²) in [4.78, 5) is 5.28. The van der Waals surface area contributed by atoms with Gasteiger partial charge in [-0.1, -0.05) is 6.07 Å². The zero-order valence-electron chi connectivity index (χ0n) is 14.0. The molecule has 4 heteroatoms. The molecule has 0 spiro atoms. The number of benzene rings is 1. The van der Waals surface area contributed by atoms with Gasteiger partial charge in [-0.15, -0.1) is 0 Å². The van der Waals surface area contributed by atoms with E-state index >= 15 is 0 Å². The number of rotatable bonds is 5. The van der Waals surface area contributed by atoms with E-state index in [-0.39, 0.29) is 0 Å². The Morgan fingerprint density at radius 3 is 2.86 bits per heavy atom. The van der Waals surface area contributed by atoms with Crippen molar-refractivity contribution in [3.8, 4) is 11.5 Å². The van der Waals surface area contributed by atoms with Crippen LogP contribution in [0, 0.1) is 0 Å². The van der Waals surface area contributed by atoms with Crippen LogP contribution in [0.2, 0.25) is 0 Å². The smallest absolute Gasteiger partial charge is 0.161 e. The maximum Gasteiger partial charge on any atom is 0.161 e. The third kappa shape index (κ3) is 3.23. The van der Waals surface area contributed by atoms with Crippen LogP contribution >= 0.6 is 0 Å². The Morgan fingerprint density at radius 1 is 1.23 bits per heavy atom. The molecule has 1 aromatic rings. The minimum atomic E-state index is 0.618. The lowest BCUT2D eigenvalue weighted by Crippen LogP contribution is -2.54. The second kappa shape index (κ2) is 6.88.